The van der Waals surface area contributed by atoms with E-state index in [2.05, 4.69) is 4.98 Å². The summed E-state index contributed by atoms with van der Waals surface area (Å²) >= 11 is 13.7. The molecule has 3 nitrogen and oxygen atoms in total. The van der Waals surface area contributed by atoms with Crippen molar-refractivity contribution >= 4 is 35.0 Å². The van der Waals surface area contributed by atoms with Crippen LogP contribution in [0.3, 0.4) is 0 Å². The van der Waals surface area contributed by atoms with Crippen LogP contribution >= 0.6 is 35.0 Å². The number of hydrogen-bond acceptors (Lipinski definition) is 3. The number of aryl methyl sites for hydroxylation is 1. The summed E-state index contributed by atoms with van der Waals surface area (Å²) in [6.07, 6.45) is 1.88. The van der Waals surface area contributed by atoms with Crippen LogP contribution in [0.1, 0.15) is 11.3 Å². The van der Waals surface area contributed by atoms with Crippen molar-refractivity contribution in [1.82, 2.24) is 9.55 Å². The lowest BCUT2D eigenvalue weighted by Crippen LogP contribution is -2.23. The maximum Gasteiger partial charge on any atom is 0.254 e. The van der Waals surface area contributed by atoms with Gasteiger partial charge in [0.05, 0.1) is 6.54 Å². The predicted octanol–water partition coefficient (Wildman–Crippen LogP) is 3.63. The Labute approximate surface area is 125 Å². The lowest BCUT2D eigenvalue weighted by Gasteiger charge is -2.13. The highest BCUT2D eigenvalue weighted by Crippen LogP contribution is 2.25. The van der Waals surface area contributed by atoms with Gasteiger partial charge >= 0.3 is 0 Å². The molecule has 0 saturated heterocycles. The van der Waals surface area contributed by atoms with Crippen molar-refractivity contribution in [2.45, 2.75) is 18.6 Å². The SMILES string of the molecule is CSc1nc(C)cc(=O)n1Cc1c(Cl)cccc1Cl. The Morgan fingerprint density at radius 1 is 1.32 bits per heavy atom. The molecule has 2 rings (SSSR count). The van der Waals surface area contributed by atoms with Gasteiger partial charge in [-0.25, -0.2) is 4.98 Å². The predicted molar refractivity (Wildman–Crippen MR) is 80.6 cm³/mol. The summed E-state index contributed by atoms with van der Waals surface area (Å²) in [6, 6.07) is 6.80. The summed E-state index contributed by atoms with van der Waals surface area (Å²) < 4.78 is 1.57. The Balaban J connectivity index is 2.52. The van der Waals surface area contributed by atoms with Gasteiger partial charge in [0.1, 0.15) is 0 Å². The summed E-state index contributed by atoms with van der Waals surface area (Å²) in [5.74, 6) is 0. The first-order valence-electron chi connectivity index (χ1n) is 5.58. The minimum absolute atomic E-state index is 0.104. The highest BCUT2D eigenvalue weighted by atomic mass is 35.5. The monoisotopic (exact) mass is 314 g/mol. The zero-order valence-corrected chi connectivity index (χ0v) is 12.8. The van der Waals surface area contributed by atoms with E-state index in [-0.39, 0.29) is 5.56 Å². The van der Waals surface area contributed by atoms with Gasteiger partial charge in [0.15, 0.2) is 5.16 Å². The second kappa shape index (κ2) is 5.99. The van der Waals surface area contributed by atoms with Gasteiger partial charge < -0.3 is 0 Å². The van der Waals surface area contributed by atoms with Gasteiger partial charge in [0.2, 0.25) is 0 Å². The van der Waals surface area contributed by atoms with E-state index >= 15 is 0 Å². The van der Waals surface area contributed by atoms with Crippen LogP contribution in [0, 0.1) is 6.92 Å². The van der Waals surface area contributed by atoms with Gasteiger partial charge in [-0.3, -0.25) is 9.36 Å². The maximum absolute atomic E-state index is 12.1. The molecule has 1 heterocycles. The first-order chi connectivity index (χ1) is 9.02. The average Bonchev–Trinajstić information content (AvgIpc) is 2.35. The summed E-state index contributed by atoms with van der Waals surface area (Å²) in [5, 5.41) is 1.75. The molecule has 0 atom stereocenters. The molecular weight excluding hydrogens is 303 g/mol. The summed E-state index contributed by atoms with van der Waals surface area (Å²) in [4.78, 5) is 16.4. The second-order valence-corrected chi connectivity index (χ2v) is 5.60. The van der Waals surface area contributed by atoms with Gasteiger partial charge in [-0.15, -0.1) is 0 Å². The van der Waals surface area contributed by atoms with E-state index in [0.717, 1.165) is 5.56 Å². The molecule has 0 aliphatic rings. The van der Waals surface area contributed by atoms with E-state index in [4.69, 9.17) is 23.2 Å². The smallest absolute Gasteiger partial charge is 0.254 e. The number of thioether (sulfide) groups is 1. The van der Waals surface area contributed by atoms with E-state index in [1.807, 2.05) is 6.26 Å². The fourth-order valence-electron chi connectivity index (χ4n) is 1.74. The van der Waals surface area contributed by atoms with Crippen LogP contribution in [0.25, 0.3) is 0 Å². The van der Waals surface area contributed by atoms with Gasteiger partial charge in [0, 0.05) is 27.4 Å². The molecule has 1 aromatic heterocycles. The number of rotatable bonds is 3. The average molecular weight is 315 g/mol. The molecule has 0 aliphatic carbocycles. The molecule has 100 valence electrons. The number of aromatic nitrogens is 2. The van der Waals surface area contributed by atoms with Crippen LogP contribution in [0.2, 0.25) is 10.0 Å². The number of halogens is 2. The molecule has 0 spiro atoms. The van der Waals surface area contributed by atoms with E-state index in [9.17, 15) is 4.79 Å². The quantitative estimate of drug-likeness (QED) is 0.641. The van der Waals surface area contributed by atoms with Gasteiger partial charge in [-0.1, -0.05) is 41.0 Å². The van der Waals surface area contributed by atoms with Crippen molar-refractivity contribution in [3.63, 3.8) is 0 Å². The van der Waals surface area contributed by atoms with Crippen molar-refractivity contribution in [1.29, 1.82) is 0 Å². The molecule has 2 aromatic rings. The van der Waals surface area contributed by atoms with Crippen LogP contribution in [0.15, 0.2) is 34.2 Å². The largest absolute Gasteiger partial charge is 0.283 e. The van der Waals surface area contributed by atoms with Crippen LogP contribution in [0.5, 0.6) is 0 Å². The molecule has 0 radical (unpaired) electrons. The Hall–Kier alpha value is -0.970. The highest BCUT2D eigenvalue weighted by molar-refractivity contribution is 7.98. The van der Waals surface area contributed by atoms with Crippen molar-refractivity contribution in [3.8, 4) is 0 Å². The van der Waals surface area contributed by atoms with Crippen molar-refractivity contribution in [3.05, 3.63) is 55.9 Å². The molecule has 0 saturated carbocycles. The van der Waals surface area contributed by atoms with Gasteiger partial charge in [0.25, 0.3) is 5.56 Å². The fourth-order valence-corrected chi connectivity index (χ4v) is 2.86. The molecule has 0 unspecified atom stereocenters. The summed E-state index contributed by atoms with van der Waals surface area (Å²) in [7, 11) is 0. The van der Waals surface area contributed by atoms with Crippen LogP contribution < -0.4 is 5.56 Å². The molecule has 0 bridgehead atoms. The first kappa shape index (κ1) is 14.4. The molecule has 1 aromatic carbocycles. The summed E-state index contributed by atoms with van der Waals surface area (Å²) in [5.41, 5.74) is 1.33. The molecule has 6 heteroatoms. The number of benzene rings is 1. The third-order valence-corrected chi connectivity index (χ3v) is 4.05. The molecule has 0 amide bonds. The maximum atomic E-state index is 12.1. The first-order valence-corrected chi connectivity index (χ1v) is 7.56. The van der Waals surface area contributed by atoms with Gasteiger partial charge in [-0.05, 0) is 25.3 Å². The number of hydrogen-bond donors (Lipinski definition) is 0. The molecule has 0 N–H and O–H groups in total. The normalized spacial score (nSPS) is 10.7. The van der Waals surface area contributed by atoms with Crippen LogP contribution in [-0.2, 0) is 6.54 Å². The van der Waals surface area contributed by atoms with Crippen LogP contribution in [0.4, 0.5) is 0 Å². The molecule has 19 heavy (non-hydrogen) atoms. The van der Waals surface area contributed by atoms with E-state index < -0.39 is 0 Å². The topological polar surface area (TPSA) is 34.9 Å². The lowest BCUT2D eigenvalue weighted by atomic mass is 10.2. The standard InChI is InChI=1S/C13H12Cl2N2OS/c1-8-6-12(18)17(13(16-8)19-2)7-9-10(14)4-3-5-11(9)15/h3-6H,7H2,1-2H3. The third kappa shape index (κ3) is 3.14. The Morgan fingerprint density at radius 3 is 2.53 bits per heavy atom. The Morgan fingerprint density at radius 2 is 1.95 bits per heavy atom. The molecule has 0 fully saturated rings. The summed E-state index contributed by atoms with van der Waals surface area (Å²) in [6.45, 7) is 2.12. The van der Waals surface area contributed by atoms with Crippen molar-refractivity contribution < 1.29 is 0 Å². The zero-order valence-electron chi connectivity index (χ0n) is 10.5. The minimum Gasteiger partial charge on any atom is -0.283 e. The van der Waals surface area contributed by atoms with E-state index in [0.29, 0.717) is 27.4 Å². The molecular formula is C13H12Cl2N2OS. The van der Waals surface area contributed by atoms with E-state index in [1.54, 1.807) is 29.7 Å². The van der Waals surface area contributed by atoms with Crippen molar-refractivity contribution in [2.75, 3.05) is 6.26 Å². The van der Waals surface area contributed by atoms with Crippen LogP contribution in [-0.4, -0.2) is 15.8 Å². The zero-order chi connectivity index (χ0) is 14.0. The second-order valence-electron chi connectivity index (χ2n) is 4.01. The van der Waals surface area contributed by atoms with Crippen molar-refractivity contribution in [2.24, 2.45) is 0 Å². The van der Waals surface area contributed by atoms with Gasteiger partial charge in [-0.2, -0.15) is 0 Å². The van der Waals surface area contributed by atoms with E-state index in [1.165, 1.54) is 17.8 Å². The Bertz CT molecular complexity index is 650. The third-order valence-electron chi connectivity index (χ3n) is 2.66. The lowest BCUT2D eigenvalue weighted by molar-refractivity contribution is 0.639. The Kier molecular flexibility index (Phi) is 4.55. The minimum atomic E-state index is -0.104. The highest BCUT2D eigenvalue weighted by Gasteiger charge is 2.11. The molecule has 0 aliphatic heterocycles. The fraction of sp³-hybridized carbons (Fsp3) is 0.231. The number of nitrogens with zero attached hydrogens (tertiary/aromatic N) is 2.